The second-order valence-corrected chi connectivity index (χ2v) is 3.39. The third-order valence-corrected chi connectivity index (χ3v) is 1.10. The molecule has 0 bridgehead atoms. The lowest BCUT2D eigenvalue weighted by molar-refractivity contribution is -0.145. The molecule has 0 aliphatic rings. The van der Waals surface area contributed by atoms with Crippen molar-refractivity contribution in [1.82, 2.24) is 0 Å². The molecule has 0 aromatic rings. The number of hydrogen-bond donors (Lipinski definition) is 0. The van der Waals surface area contributed by atoms with Crippen LogP contribution in [0.25, 0.3) is 0 Å². The zero-order valence-electron chi connectivity index (χ0n) is 7.59. The van der Waals surface area contributed by atoms with Gasteiger partial charge < -0.3 is 4.74 Å². The molecular formula is C9H17O2. The molecule has 0 aromatic heterocycles. The SMILES string of the molecule is [CH2]C(C)COC(=O)CC(C)C. The van der Waals surface area contributed by atoms with Crippen LogP contribution in [0.3, 0.4) is 0 Å². The molecule has 2 nitrogen and oxygen atoms in total. The van der Waals surface area contributed by atoms with Crippen molar-refractivity contribution in [3.8, 4) is 0 Å². The standard InChI is InChI=1S/C9H17O2/c1-7(2)5-9(10)11-6-8(3)4/h7-8H,3,5-6H2,1-2,4H3. The maximum atomic E-state index is 10.9. The highest BCUT2D eigenvalue weighted by Gasteiger charge is 2.06. The van der Waals surface area contributed by atoms with E-state index in [1.165, 1.54) is 0 Å². The van der Waals surface area contributed by atoms with Crippen molar-refractivity contribution >= 4 is 5.97 Å². The number of ether oxygens (including phenoxy) is 1. The van der Waals surface area contributed by atoms with Gasteiger partial charge in [-0.2, -0.15) is 0 Å². The molecule has 0 spiro atoms. The highest BCUT2D eigenvalue weighted by atomic mass is 16.5. The van der Waals surface area contributed by atoms with Crippen molar-refractivity contribution < 1.29 is 9.53 Å². The van der Waals surface area contributed by atoms with Gasteiger partial charge in [-0.1, -0.05) is 20.8 Å². The predicted octanol–water partition coefficient (Wildman–Crippen LogP) is 2.05. The van der Waals surface area contributed by atoms with Gasteiger partial charge >= 0.3 is 5.97 Å². The van der Waals surface area contributed by atoms with E-state index in [9.17, 15) is 4.79 Å². The van der Waals surface area contributed by atoms with E-state index in [2.05, 4.69) is 6.92 Å². The molecule has 0 aliphatic heterocycles. The molecule has 2 heteroatoms. The largest absolute Gasteiger partial charge is 0.465 e. The lowest BCUT2D eigenvalue weighted by Gasteiger charge is -2.07. The third-order valence-electron chi connectivity index (χ3n) is 1.10. The van der Waals surface area contributed by atoms with E-state index in [0.717, 1.165) is 0 Å². The molecular weight excluding hydrogens is 140 g/mol. The first-order valence-electron chi connectivity index (χ1n) is 4.01. The van der Waals surface area contributed by atoms with Crippen LogP contribution in [0.15, 0.2) is 0 Å². The minimum atomic E-state index is -0.115. The summed E-state index contributed by atoms with van der Waals surface area (Å²) < 4.78 is 4.91. The van der Waals surface area contributed by atoms with Gasteiger partial charge in [0.1, 0.15) is 0 Å². The van der Waals surface area contributed by atoms with Gasteiger partial charge in [-0.25, -0.2) is 0 Å². The summed E-state index contributed by atoms with van der Waals surface area (Å²) in [7, 11) is 0. The topological polar surface area (TPSA) is 26.3 Å². The Balaban J connectivity index is 3.38. The quantitative estimate of drug-likeness (QED) is 0.584. The molecule has 0 aliphatic carbocycles. The van der Waals surface area contributed by atoms with E-state index in [-0.39, 0.29) is 11.9 Å². The smallest absolute Gasteiger partial charge is 0.306 e. The number of rotatable bonds is 4. The van der Waals surface area contributed by atoms with Gasteiger partial charge in [0.25, 0.3) is 0 Å². The number of esters is 1. The second kappa shape index (κ2) is 5.16. The van der Waals surface area contributed by atoms with Crippen LogP contribution in [-0.4, -0.2) is 12.6 Å². The molecule has 1 radical (unpaired) electrons. The second-order valence-electron chi connectivity index (χ2n) is 3.39. The van der Waals surface area contributed by atoms with Gasteiger partial charge in [0.2, 0.25) is 0 Å². The van der Waals surface area contributed by atoms with Crippen LogP contribution in [0.4, 0.5) is 0 Å². The molecule has 1 atom stereocenters. The summed E-state index contributed by atoms with van der Waals surface area (Å²) in [5, 5.41) is 0. The molecule has 65 valence electrons. The van der Waals surface area contributed by atoms with Crippen LogP contribution in [-0.2, 0) is 9.53 Å². The van der Waals surface area contributed by atoms with Gasteiger partial charge in [-0.3, -0.25) is 4.79 Å². The Morgan fingerprint density at radius 1 is 1.45 bits per heavy atom. The fraction of sp³-hybridized carbons (Fsp3) is 0.778. The van der Waals surface area contributed by atoms with Crippen molar-refractivity contribution in [3.05, 3.63) is 6.92 Å². The molecule has 0 heterocycles. The van der Waals surface area contributed by atoms with Crippen LogP contribution in [0.1, 0.15) is 27.2 Å². The van der Waals surface area contributed by atoms with Gasteiger partial charge in [-0.05, 0) is 18.8 Å². The minimum Gasteiger partial charge on any atom is -0.465 e. The molecule has 11 heavy (non-hydrogen) atoms. The van der Waals surface area contributed by atoms with Crippen molar-refractivity contribution in [2.45, 2.75) is 27.2 Å². The van der Waals surface area contributed by atoms with Crippen molar-refractivity contribution in [3.63, 3.8) is 0 Å². The van der Waals surface area contributed by atoms with E-state index in [4.69, 9.17) is 4.74 Å². The molecule has 0 aromatic carbocycles. The van der Waals surface area contributed by atoms with Crippen molar-refractivity contribution in [1.29, 1.82) is 0 Å². The normalized spacial score (nSPS) is 10.7. The number of carbonyl (C=O) groups is 1. The van der Waals surface area contributed by atoms with Crippen LogP contribution < -0.4 is 0 Å². The predicted molar refractivity (Wildman–Crippen MR) is 44.9 cm³/mol. The maximum Gasteiger partial charge on any atom is 0.306 e. The average Bonchev–Trinajstić information content (AvgIpc) is 1.82. The Hall–Kier alpha value is -0.530. The monoisotopic (exact) mass is 157 g/mol. The molecule has 0 N–H and O–H groups in total. The molecule has 0 saturated carbocycles. The van der Waals surface area contributed by atoms with Crippen LogP contribution in [0.5, 0.6) is 0 Å². The molecule has 0 saturated heterocycles. The van der Waals surface area contributed by atoms with E-state index < -0.39 is 0 Å². The summed E-state index contributed by atoms with van der Waals surface area (Å²) in [6.45, 7) is 10.1. The summed E-state index contributed by atoms with van der Waals surface area (Å²) in [5.41, 5.74) is 0. The van der Waals surface area contributed by atoms with E-state index in [1.54, 1.807) is 0 Å². The van der Waals surface area contributed by atoms with Gasteiger partial charge in [-0.15, -0.1) is 0 Å². The average molecular weight is 157 g/mol. The Bertz CT molecular complexity index is 117. The number of hydrogen-bond acceptors (Lipinski definition) is 2. The lowest BCUT2D eigenvalue weighted by atomic mass is 10.1. The number of carbonyl (C=O) groups excluding carboxylic acids is 1. The van der Waals surface area contributed by atoms with Gasteiger partial charge in [0.15, 0.2) is 0 Å². The van der Waals surface area contributed by atoms with E-state index in [1.807, 2.05) is 20.8 Å². The van der Waals surface area contributed by atoms with Gasteiger partial charge in [0, 0.05) is 6.42 Å². The van der Waals surface area contributed by atoms with Gasteiger partial charge in [0.05, 0.1) is 6.61 Å². The summed E-state index contributed by atoms with van der Waals surface area (Å²) in [5.74, 6) is 0.448. The summed E-state index contributed by atoms with van der Waals surface area (Å²) in [6, 6.07) is 0. The molecule has 0 amide bonds. The zero-order chi connectivity index (χ0) is 8.85. The highest BCUT2D eigenvalue weighted by Crippen LogP contribution is 2.02. The van der Waals surface area contributed by atoms with Crippen molar-refractivity contribution in [2.24, 2.45) is 11.8 Å². The van der Waals surface area contributed by atoms with E-state index >= 15 is 0 Å². The maximum absolute atomic E-state index is 10.9. The van der Waals surface area contributed by atoms with E-state index in [0.29, 0.717) is 18.9 Å². The highest BCUT2D eigenvalue weighted by molar-refractivity contribution is 5.69. The summed E-state index contributed by atoms with van der Waals surface area (Å²) in [4.78, 5) is 10.9. The Morgan fingerprint density at radius 3 is 2.36 bits per heavy atom. The minimum absolute atomic E-state index is 0.115. The fourth-order valence-electron chi connectivity index (χ4n) is 0.627. The van der Waals surface area contributed by atoms with Crippen LogP contribution >= 0.6 is 0 Å². The lowest BCUT2D eigenvalue weighted by Crippen LogP contribution is -2.11. The Morgan fingerprint density at radius 2 is 2.00 bits per heavy atom. The Kier molecular flexibility index (Phi) is 4.92. The third kappa shape index (κ3) is 7.37. The van der Waals surface area contributed by atoms with Crippen molar-refractivity contribution in [2.75, 3.05) is 6.61 Å². The molecule has 0 rings (SSSR count). The summed E-state index contributed by atoms with van der Waals surface area (Å²) in [6.07, 6.45) is 0.507. The summed E-state index contributed by atoms with van der Waals surface area (Å²) >= 11 is 0. The van der Waals surface area contributed by atoms with Crippen LogP contribution in [0, 0.1) is 18.8 Å². The first kappa shape index (κ1) is 10.5. The fourth-order valence-corrected chi connectivity index (χ4v) is 0.627. The van der Waals surface area contributed by atoms with Crippen LogP contribution in [0.2, 0.25) is 0 Å². The molecule has 1 unspecified atom stereocenters. The Labute approximate surface area is 68.9 Å². The zero-order valence-corrected chi connectivity index (χ0v) is 7.59. The first-order chi connectivity index (χ1) is 5.02. The molecule has 0 fully saturated rings. The first-order valence-corrected chi connectivity index (χ1v) is 4.01.